The lowest BCUT2D eigenvalue weighted by Gasteiger charge is -2.46. The molecule has 47 heavy (non-hydrogen) atoms. The average molecular weight is 722 g/mol. The van der Waals surface area contributed by atoms with Gasteiger partial charge < -0.3 is 29.1 Å². The zero-order valence-corrected chi connectivity index (χ0v) is 29.2. The molecule has 2 aliphatic carbocycles. The third kappa shape index (κ3) is 6.48. The molecule has 1 amide bonds. The van der Waals surface area contributed by atoms with Gasteiger partial charge in [0.2, 0.25) is 5.91 Å². The molecule has 3 aromatic rings. The largest absolute Gasteiger partial charge is 0.497 e. The minimum atomic E-state index is -0.477. The van der Waals surface area contributed by atoms with E-state index in [0.29, 0.717) is 44.9 Å². The number of carbonyl (C=O) groups excluding carboxylic acids is 1. The van der Waals surface area contributed by atoms with Gasteiger partial charge in [0.15, 0.2) is 0 Å². The third-order valence-corrected chi connectivity index (χ3v) is 12.2. The van der Waals surface area contributed by atoms with E-state index in [0.717, 1.165) is 49.9 Å². The quantitative estimate of drug-likeness (QED) is 0.213. The summed E-state index contributed by atoms with van der Waals surface area (Å²) in [5.41, 5.74) is 4.88. The van der Waals surface area contributed by atoms with Crippen LogP contribution >= 0.6 is 27.7 Å². The molecule has 0 bridgehead atoms. The Kier molecular flexibility index (Phi) is 9.44. The minimum Gasteiger partial charge on any atom is -0.497 e. The van der Waals surface area contributed by atoms with Gasteiger partial charge in [-0.1, -0.05) is 47.6 Å². The number of hydrogen-bond donors (Lipinski definition) is 1. The highest BCUT2D eigenvalue weighted by Crippen LogP contribution is 2.61. The summed E-state index contributed by atoms with van der Waals surface area (Å²) in [7, 11) is 1.68. The number of rotatable bonds is 11. The molecule has 8 nitrogen and oxygen atoms in total. The standard InChI is InChI=1S/C37H41BrN2O6S/c1-23(42)40-18-27-14-31(44-20-25-8-9-25)35(38)36-34(27)37(17-29(40)19-41)32(46-36)15-28(39-45-21-24-6-4-3-5-7-24)16-33(37)47-22-26-10-12-30(43-2)13-11-26/h3-7,10-14,25,29,32-33,41H,8-9,15-22H2,1-2H3/b39-28+/t29-,32+,33+,37+/m0/s1. The van der Waals surface area contributed by atoms with Gasteiger partial charge in [-0.2, -0.15) is 11.8 Å². The summed E-state index contributed by atoms with van der Waals surface area (Å²) < 4.78 is 19.6. The van der Waals surface area contributed by atoms with Gasteiger partial charge in [0.05, 0.1) is 37.5 Å². The molecule has 1 N–H and O–H groups in total. The van der Waals surface area contributed by atoms with E-state index in [9.17, 15) is 9.90 Å². The van der Waals surface area contributed by atoms with Crippen molar-refractivity contribution >= 4 is 39.3 Å². The maximum atomic E-state index is 13.1. The predicted octanol–water partition coefficient (Wildman–Crippen LogP) is 7.03. The highest BCUT2D eigenvalue weighted by molar-refractivity contribution is 9.10. The van der Waals surface area contributed by atoms with Crippen molar-refractivity contribution in [2.75, 3.05) is 20.3 Å². The first-order valence-electron chi connectivity index (χ1n) is 16.4. The van der Waals surface area contributed by atoms with E-state index in [1.807, 2.05) is 59.1 Å². The van der Waals surface area contributed by atoms with E-state index < -0.39 is 5.41 Å². The summed E-state index contributed by atoms with van der Waals surface area (Å²) in [6.45, 7) is 2.92. The molecule has 10 heteroatoms. The lowest BCUT2D eigenvalue weighted by Crippen LogP contribution is -2.55. The Labute approximate surface area is 288 Å². The van der Waals surface area contributed by atoms with Crippen molar-refractivity contribution in [3.63, 3.8) is 0 Å². The van der Waals surface area contributed by atoms with Crippen LogP contribution < -0.4 is 14.2 Å². The van der Waals surface area contributed by atoms with Crippen molar-refractivity contribution in [2.24, 2.45) is 11.1 Å². The second kappa shape index (κ2) is 13.7. The Morgan fingerprint density at radius 2 is 1.91 bits per heavy atom. The lowest BCUT2D eigenvalue weighted by molar-refractivity contribution is -0.133. The monoisotopic (exact) mass is 720 g/mol. The molecule has 2 aliphatic heterocycles. The first-order chi connectivity index (χ1) is 22.9. The molecule has 3 aromatic carbocycles. The number of benzene rings is 3. The number of oxime groups is 1. The number of aliphatic hydroxyl groups is 1. The second-order valence-electron chi connectivity index (χ2n) is 13.1. The summed E-state index contributed by atoms with van der Waals surface area (Å²) in [6.07, 6.45) is 3.99. The molecule has 2 heterocycles. The molecule has 0 unspecified atom stereocenters. The van der Waals surface area contributed by atoms with Crippen molar-refractivity contribution in [3.8, 4) is 17.2 Å². The first-order valence-corrected chi connectivity index (χ1v) is 18.2. The number of methoxy groups -OCH3 is 1. The van der Waals surface area contributed by atoms with E-state index in [4.69, 9.17) is 24.2 Å². The summed E-state index contributed by atoms with van der Waals surface area (Å²) >= 11 is 5.77. The van der Waals surface area contributed by atoms with Crippen LogP contribution in [0.15, 0.2) is 70.3 Å². The molecule has 248 valence electrons. The summed E-state index contributed by atoms with van der Waals surface area (Å²) in [6, 6.07) is 20.0. The Morgan fingerprint density at radius 1 is 1.13 bits per heavy atom. The van der Waals surface area contributed by atoms with Crippen molar-refractivity contribution in [1.82, 2.24) is 4.90 Å². The number of aliphatic hydroxyl groups excluding tert-OH is 1. The van der Waals surface area contributed by atoms with Crippen LogP contribution in [0.4, 0.5) is 0 Å². The van der Waals surface area contributed by atoms with Gasteiger partial charge in [0.25, 0.3) is 0 Å². The predicted molar refractivity (Wildman–Crippen MR) is 186 cm³/mol. The molecule has 4 atom stereocenters. The fraction of sp³-hybridized carbons (Fsp3) is 0.459. The van der Waals surface area contributed by atoms with Crippen LogP contribution in [0, 0.1) is 5.92 Å². The molecule has 2 fully saturated rings. The van der Waals surface area contributed by atoms with Gasteiger partial charge in [-0.25, -0.2) is 0 Å². The first kappa shape index (κ1) is 32.3. The molecular formula is C37H41BrN2O6S. The van der Waals surface area contributed by atoms with Crippen LogP contribution in [0.3, 0.4) is 0 Å². The molecule has 0 aromatic heterocycles. The fourth-order valence-electron chi connectivity index (χ4n) is 7.38. The number of ether oxygens (including phenoxy) is 3. The van der Waals surface area contributed by atoms with Crippen molar-refractivity contribution in [3.05, 3.63) is 87.4 Å². The smallest absolute Gasteiger partial charge is 0.220 e. The molecular weight excluding hydrogens is 680 g/mol. The van der Waals surface area contributed by atoms with Gasteiger partial charge in [0.1, 0.15) is 34.4 Å². The van der Waals surface area contributed by atoms with E-state index in [-0.39, 0.29) is 29.9 Å². The molecule has 0 radical (unpaired) electrons. The fourth-order valence-corrected chi connectivity index (χ4v) is 9.46. The number of thioether (sulfide) groups is 1. The second-order valence-corrected chi connectivity index (χ2v) is 15.1. The number of amides is 1. The summed E-state index contributed by atoms with van der Waals surface area (Å²) in [4.78, 5) is 20.9. The Morgan fingerprint density at radius 3 is 2.62 bits per heavy atom. The van der Waals surface area contributed by atoms with Crippen LogP contribution in [-0.2, 0) is 34.0 Å². The molecule has 4 aliphatic rings. The average Bonchev–Trinajstić information content (AvgIpc) is 3.88. The van der Waals surface area contributed by atoms with Crippen LogP contribution in [0.1, 0.15) is 61.3 Å². The van der Waals surface area contributed by atoms with E-state index in [1.54, 1.807) is 14.0 Å². The van der Waals surface area contributed by atoms with Gasteiger partial charge in [0, 0.05) is 42.9 Å². The topological polar surface area (TPSA) is 89.8 Å². The van der Waals surface area contributed by atoms with Crippen LogP contribution in [0.2, 0.25) is 0 Å². The third-order valence-electron chi connectivity index (χ3n) is 10.0. The number of halogens is 1. The van der Waals surface area contributed by atoms with Gasteiger partial charge in [-0.3, -0.25) is 4.79 Å². The number of hydrogen-bond acceptors (Lipinski definition) is 8. The van der Waals surface area contributed by atoms with E-state index in [1.165, 1.54) is 18.4 Å². The van der Waals surface area contributed by atoms with Crippen molar-refractivity contribution < 1.29 is 28.9 Å². The molecule has 7 rings (SSSR count). The molecule has 1 spiro atoms. The van der Waals surface area contributed by atoms with Crippen molar-refractivity contribution in [2.45, 2.75) is 80.7 Å². The normalized spacial score (nSPS) is 25.4. The van der Waals surface area contributed by atoms with Gasteiger partial charge in [-0.15, -0.1) is 0 Å². The summed E-state index contributed by atoms with van der Waals surface area (Å²) in [5.74, 6) is 3.67. The van der Waals surface area contributed by atoms with Crippen LogP contribution in [-0.4, -0.2) is 59.3 Å². The Balaban J connectivity index is 1.29. The highest BCUT2D eigenvalue weighted by atomic mass is 79.9. The van der Waals surface area contributed by atoms with Gasteiger partial charge >= 0.3 is 0 Å². The Bertz CT molecular complexity index is 1630. The molecule has 0 saturated heterocycles. The highest BCUT2D eigenvalue weighted by Gasteiger charge is 2.61. The zero-order valence-electron chi connectivity index (χ0n) is 26.8. The van der Waals surface area contributed by atoms with Gasteiger partial charge in [-0.05, 0) is 76.0 Å². The van der Waals surface area contributed by atoms with Crippen molar-refractivity contribution in [1.29, 1.82) is 0 Å². The van der Waals surface area contributed by atoms with E-state index in [2.05, 4.69) is 34.1 Å². The SMILES string of the molecule is COc1ccc(CS[C@@H]2C/C(=N/OCc3ccccc3)C[C@H]3Oc4c(Br)c(OCC5CC5)cc5c4[C@]32C[C@@H](CO)N(C(C)=O)C5)cc1. The summed E-state index contributed by atoms with van der Waals surface area (Å²) in [5, 5.41) is 15.5. The number of carbonyl (C=O) groups is 1. The maximum absolute atomic E-state index is 13.1. The van der Waals surface area contributed by atoms with Crippen LogP contribution in [0.25, 0.3) is 0 Å². The Hall–Kier alpha value is -3.21. The lowest BCUT2D eigenvalue weighted by atomic mass is 9.64. The minimum absolute atomic E-state index is 0.0357. The zero-order chi connectivity index (χ0) is 32.5. The molecule has 2 saturated carbocycles. The maximum Gasteiger partial charge on any atom is 0.220 e. The van der Waals surface area contributed by atoms with E-state index >= 15 is 0 Å². The number of nitrogens with zero attached hydrogens (tertiary/aromatic N) is 2. The van der Waals surface area contributed by atoms with Crippen LogP contribution in [0.5, 0.6) is 17.2 Å².